The third kappa shape index (κ3) is 4.20. The molecule has 1 fully saturated rings. The van der Waals surface area contributed by atoms with Crippen molar-refractivity contribution in [2.45, 2.75) is 32.1 Å². The predicted molar refractivity (Wildman–Crippen MR) is 83.7 cm³/mol. The number of hydrogen-bond donors (Lipinski definition) is 0. The largest absolute Gasteiger partial charge is 0.160 e. The molecule has 0 aromatic heterocycles. The van der Waals surface area contributed by atoms with Crippen LogP contribution in [-0.4, -0.2) is 10.3 Å². The van der Waals surface area contributed by atoms with Gasteiger partial charge in [-0.25, -0.2) is 0 Å². The summed E-state index contributed by atoms with van der Waals surface area (Å²) < 4.78 is 0. The number of hydrogen-bond acceptors (Lipinski definition) is 2. The highest BCUT2D eigenvalue weighted by atomic mass is 35.5. The average molecular weight is 318 g/mol. The van der Waals surface area contributed by atoms with Crippen LogP contribution in [0.5, 0.6) is 0 Å². The van der Waals surface area contributed by atoms with Crippen molar-refractivity contribution in [3.8, 4) is 0 Å². The second-order valence-corrected chi connectivity index (χ2v) is 5.78. The molecule has 0 bridgehead atoms. The second kappa shape index (κ2) is 7.28. The van der Waals surface area contributed by atoms with Gasteiger partial charge in [0.15, 0.2) is 5.17 Å². The zero-order chi connectivity index (χ0) is 13.7. The molecule has 0 saturated heterocycles. The van der Waals surface area contributed by atoms with E-state index in [0.29, 0.717) is 21.7 Å². The first-order chi connectivity index (χ1) is 9.18. The Morgan fingerprint density at radius 1 is 1.00 bits per heavy atom. The fourth-order valence-corrected chi connectivity index (χ4v) is 2.93. The molecule has 1 aliphatic carbocycles. The van der Waals surface area contributed by atoms with Crippen LogP contribution in [0.3, 0.4) is 0 Å². The highest BCUT2D eigenvalue weighted by molar-refractivity contribution is 6.70. The van der Waals surface area contributed by atoms with Crippen LogP contribution in [0, 0.1) is 5.92 Å². The van der Waals surface area contributed by atoms with Crippen LogP contribution in [0.1, 0.15) is 37.7 Å². The third-order valence-corrected chi connectivity index (χ3v) is 4.26. The van der Waals surface area contributed by atoms with E-state index in [2.05, 4.69) is 10.2 Å². The van der Waals surface area contributed by atoms with E-state index in [-0.39, 0.29) is 5.17 Å². The molecule has 0 spiro atoms. The molecule has 2 nitrogen and oxygen atoms in total. The molecule has 0 heterocycles. The van der Waals surface area contributed by atoms with E-state index >= 15 is 0 Å². The average Bonchev–Trinajstić information content (AvgIpc) is 2.46. The Bertz CT molecular complexity index is 491. The molecule has 5 heteroatoms. The Morgan fingerprint density at radius 2 is 1.68 bits per heavy atom. The minimum absolute atomic E-state index is 0.263. The molecule has 0 radical (unpaired) electrons. The van der Waals surface area contributed by atoms with Gasteiger partial charge in [0.2, 0.25) is 0 Å². The van der Waals surface area contributed by atoms with Crippen molar-refractivity contribution in [3.05, 3.63) is 34.9 Å². The summed E-state index contributed by atoms with van der Waals surface area (Å²) in [7, 11) is 0. The summed E-state index contributed by atoms with van der Waals surface area (Å²) in [5.41, 5.74) is 0.669. The number of halogens is 3. The Labute approximate surface area is 128 Å². The smallest absolute Gasteiger partial charge is 0.141 e. The quantitative estimate of drug-likeness (QED) is 0.522. The van der Waals surface area contributed by atoms with E-state index in [0.717, 1.165) is 12.8 Å². The van der Waals surface area contributed by atoms with Gasteiger partial charge >= 0.3 is 0 Å². The van der Waals surface area contributed by atoms with Crippen LogP contribution in [0.25, 0.3) is 0 Å². The summed E-state index contributed by atoms with van der Waals surface area (Å²) in [6, 6.07) is 7.26. The fraction of sp³-hybridized carbons (Fsp3) is 0.429. The predicted octanol–water partition coefficient (Wildman–Crippen LogP) is 5.46. The van der Waals surface area contributed by atoms with Crippen LogP contribution in [0.15, 0.2) is 34.5 Å². The van der Waals surface area contributed by atoms with Gasteiger partial charge in [0, 0.05) is 11.5 Å². The van der Waals surface area contributed by atoms with Crippen LogP contribution in [0.2, 0.25) is 5.02 Å². The summed E-state index contributed by atoms with van der Waals surface area (Å²) in [6.07, 6.45) is 5.87. The summed E-state index contributed by atoms with van der Waals surface area (Å²) >= 11 is 18.3. The van der Waals surface area contributed by atoms with Gasteiger partial charge in [0.05, 0.1) is 5.02 Å². The first kappa shape index (κ1) is 14.8. The fourth-order valence-electron chi connectivity index (χ4n) is 2.20. The minimum Gasteiger partial charge on any atom is -0.141 e. The Morgan fingerprint density at radius 3 is 2.37 bits per heavy atom. The van der Waals surface area contributed by atoms with E-state index in [1.807, 2.05) is 12.1 Å². The number of nitrogens with zero attached hydrogens (tertiary/aromatic N) is 2. The number of benzene rings is 1. The van der Waals surface area contributed by atoms with Crippen molar-refractivity contribution < 1.29 is 0 Å². The Balaban J connectivity index is 2.10. The molecule has 0 unspecified atom stereocenters. The highest BCUT2D eigenvalue weighted by Crippen LogP contribution is 2.26. The second-order valence-electron chi connectivity index (χ2n) is 4.63. The van der Waals surface area contributed by atoms with Gasteiger partial charge in [-0.2, -0.15) is 0 Å². The zero-order valence-electron chi connectivity index (χ0n) is 10.5. The summed E-state index contributed by atoms with van der Waals surface area (Å²) in [4.78, 5) is 0. The molecular formula is C14H15Cl3N2. The minimum atomic E-state index is 0.263. The molecule has 0 aliphatic heterocycles. The molecule has 1 aliphatic rings. The SMILES string of the molecule is ClC(=NN=C(Cl)C1CCCCC1)c1ccccc1Cl. The molecular weight excluding hydrogens is 303 g/mol. The zero-order valence-corrected chi connectivity index (χ0v) is 12.7. The van der Waals surface area contributed by atoms with Crippen molar-refractivity contribution in [2.24, 2.45) is 16.1 Å². The molecule has 1 aromatic carbocycles. The standard InChI is InChI=1S/C14H15Cl3N2/c15-12-9-5-4-8-11(12)14(17)19-18-13(16)10-6-2-1-3-7-10/h4-5,8-10H,1-3,6-7H2. The van der Waals surface area contributed by atoms with Crippen molar-refractivity contribution in [1.29, 1.82) is 0 Å². The maximum Gasteiger partial charge on any atom is 0.160 e. The van der Waals surface area contributed by atoms with E-state index in [4.69, 9.17) is 34.8 Å². The lowest BCUT2D eigenvalue weighted by Crippen LogP contribution is -2.12. The lowest BCUT2D eigenvalue weighted by molar-refractivity contribution is 0.442. The van der Waals surface area contributed by atoms with Gasteiger partial charge in [-0.05, 0) is 18.9 Å². The van der Waals surface area contributed by atoms with Crippen LogP contribution in [0.4, 0.5) is 0 Å². The van der Waals surface area contributed by atoms with Gasteiger partial charge in [-0.15, -0.1) is 10.2 Å². The molecule has 0 atom stereocenters. The maximum absolute atomic E-state index is 6.18. The lowest BCUT2D eigenvalue weighted by Gasteiger charge is -2.19. The Hall–Kier alpha value is -0.570. The van der Waals surface area contributed by atoms with E-state index < -0.39 is 0 Å². The topological polar surface area (TPSA) is 24.7 Å². The molecule has 0 N–H and O–H groups in total. The van der Waals surface area contributed by atoms with Crippen molar-refractivity contribution in [1.82, 2.24) is 0 Å². The lowest BCUT2D eigenvalue weighted by atomic mass is 9.90. The van der Waals surface area contributed by atoms with Gasteiger partial charge < -0.3 is 0 Å². The summed E-state index contributed by atoms with van der Waals surface area (Å²) in [6.45, 7) is 0. The Kier molecular flexibility index (Phi) is 5.68. The van der Waals surface area contributed by atoms with Crippen LogP contribution >= 0.6 is 34.8 Å². The highest BCUT2D eigenvalue weighted by Gasteiger charge is 2.17. The van der Waals surface area contributed by atoms with Gasteiger partial charge in [-0.1, -0.05) is 72.3 Å². The van der Waals surface area contributed by atoms with Crippen molar-refractivity contribution in [3.63, 3.8) is 0 Å². The first-order valence-electron chi connectivity index (χ1n) is 6.40. The van der Waals surface area contributed by atoms with Crippen molar-refractivity contribution in [2.75, 3.05) is 0 Å². The maximum atomic E-state index is 6.18. The van der Waals surface area contributed by atoms with Crippen LogP contribution in [-0.2, 0) is 0 Å². The van der Waals surface area contributed by atoms with Crippen molar-refractivity contribution >= 4 is 45.1 Å². The molecule has 0 amide bonds. The molecule has 19 heavy (non-hydrogen) atoms. The first-order valence-corrected chi connectivity index (χ1v) is 7.53. The van der Waals surface area contributed by atoms with E-state index in [1.54, 1.807) is 12.1 Å². The third-order valence-electron chi connectivity index (χ3n) is 3.27. The van der Waals surface area contributed by atoms with E-state index in [9.17, 15) is 0 Å². The normalized spacial score (nSPS) is 18.7. The molecule has 1 aromatic rings. The van der Waals surface area contributed by atoms with Gasteiger partial charge in [0.1, 0.15) is 5.17 Å². The number of rotatable bonds is 3. The van der Waals surface area contributed by atoms with Gasteiger partial charge in [-0.3, -0.25) is 0 Å². The van der Waals surface area contributed by atoms with E-state index in [1.165, 1.54) is 19.3 Å². The molecule has 1 saturated carbocycles. The molecule has 102 valence electrons. The monoisotopic (exact) mass is 316 g/mol. The summed E-state index contributed by atoms with van der Waals surface area (Å²) in [5, 5.41) is 9.39. The molecule has 2 rings (SSSR count). The van der Waals surface area contributed by atoms with Gasteiger partial charge in [0.25, 0.3) is 0 Å². The van der Waals surface area contributed by atoms with Crippen LogP contribution < -0.4 is 0 Å². The summed E-state index contributed by atoms with van der Waals surface area (Å²) in [5.74, 6) is 0.329.